The van der Waals surface area contributed by atoms with Crippen LogP contribution in [0, 0.1) is 5.92 Å². The van der Waals surface area contributed by atoms with E-state index < -0.39 is 0 Å². The molecular weight excluding hydrogens is 226 g/mol. The zero-order valence-corrected chi connectivity index (χ0v) is 12.3. The van der Waals surface area contributed by atoms with Crippen molar-refractivity contribution in [3.05, 3.63) is 0 Å². The molecule has 0 spiro atoms. The number of rotatable bonds is 6. The molecular formula is C14H29N3O. The Morgan fingerprint density at radius 1 is 1.22 bits per heavy atom. The van der Waals surface area contributed by atoms with Gasteiger partial charge in [0.25, 0.3) is 0 Å². The maximum absolute atomic E-state index is 11.8. The zero-order valence-electron chi connectivity index (χ0n) is 12.3. The third-order valence-electron chi connectivity index (χ3n) is 4.09. The Morgan fingerprint density at radius 2 is 1.83 bits per heavy atom. The lowest BCUT2D eigenvalue weighted by atomic mass is 9.89. The van der Waals surface area contributed by atoms with Crippen molar-refractivity contribution in [1.82, 2.24) is 15.5 Å². The number of nitrogens with zero attached hydrogens (tertiary/aromatic N) is 1. The molecule has 1 heterocycles. The van der Waals surface area contributed by atoms with Crippen LogP contribution >= 0.6 is 0 Å². The second-order valence-corrected chi connectivity index (χ2v) is 5.29. The molecule has 1 saturated heterocycles. The molecule has 1 aliphatic rings. The lowest BCUT2D eigenvalue weighted by Gasteiger charge is -2.37. The smallest absolute Gasteiger partial charge is 0.237 e. The number of likely N-dealkylation sites (tertiary alicyclic amines) is 1. The Morgan fingerprint density at radius 3 is 2.33 bits per heavy atom. The number of carbonyl (C=O) groups is 1. The number of carbonyl (C=O) groups excluding carboxylic acids is 1. The predicted octanol–water partition coefficient (Wildman–Crippen LogP) is 1.22. The van der Waals surface area contributed by atoms with Gasteiger partial charge in [-0.3, -0.25) is 9.69 Å². The Bertz CT molecular complexity index is 249. The number of hydrogen-bond acceptors (Lipinski definition) is 3. The first kappa shape index (κ1) is 15.4. The predicted molar refractivity (Wildman–Crippen MR) is 75.6 cm³/mol. The Balaban J connectivity index is 2.36. The summed E-state index contributed by atoms with van der Waals surface area (Å²) in [5.74, 6) is 0.915. The first-order valence-corrected chi connectivity index (χ1v) is 7.35. The Hall–Kier alpha value is -0.610. The first-order valence-electron chi connectivity index (χ1n) is 7.35. The van der Waals surface area contributed by atoms with Gasteiger partial charge < -0.3 is 10.6 Å². The summed E-state index contributed by atoms with van der Waals surface area (Å²) in [6.07, 6.45) is 2.38. The summed E-state index contributed by atoms with van der Waals surface area (Å²) in [7, 11) is 0. The van der Waals surface area contributed by atoms with Crippen LogP contribution in [0.15, 0.2) is 0 Å². The standard InChI is InChI=1S/C14H29N3O/c1-5-15-11(3)13-7-9-17(10-8-13)12(4)14(18)16-6-2/h11-13,15H,5-10H2,1-4H3,(H,16,18). The fraction of sp³-hybridized carbons (Fsp3) is 0.929. The molecule has 4 nitrogen and oxygen atoms in total. The maximum atomic E-state index is 11.8. The van der Waals surface area contributed by atoms with Crippen LogP contribution in [0.2, 0.25) is 0 Å². The van der Waals surface area contributed by atoms with Crippen molar-refractivity contribution in [2.45, 2.75) is 52.6 Å². The fourth-order valence-electron chi connectivity index (χ4n) is 2.78. The van der Waals surface area contributed by atoms with Crippen LogP contribution in [-0.4, -0.2) is 49.1 Å². The quantitative estimate of drug-likeness (QED) is 0.750. The van der Waals surface area contributed by atoms with Crippen LogP contribution in [0.1, 0.15) is 40.5 Å². The molecule has 1 aliphatic heterocycles. The van der Waals surface area contributed by atoms with Gasteiger partial charge in [0.1, 0.15) is 0 Å². The minimum absolute atomic E-state index is 0.0142. The summed E-state index contributed by atoms with van der Waals surface area (Å²) < 4.78 is 0. The van der Waals surface area contributed by atoms with Crippen molar-refractivity contribution in [2.24, 2.45) is 5.92 Å². The topological polar surface area (TPSA) is 44.4 Å². The molecule has 18 heavy (non-hydrogen) atoms. The molecule has 0 aromatic heterocycles. The van der Waals surface area contributed by atoms with Crippen molar-refractivity contribution in [2.75, 3.05) is 26.2 Å². The molecule has 0 saturated carbocycles. The van der Waals surface area contributed by atoms with Gasteiger partial charge >= 0.3 is 0 Å². The van der Waals surface area contributed by atoms with E-state index in [-0.39, 0.29) is 11.9 Å². The van der Waals surface area contributed by atoms with Gasteiger partial charge in [0, 0.05) is 12.6 Å². The summed E-state index contributed by atoms with van der Waals surface area (Å²) in [4.78, 5) is 14.1. The van der Waals surface area contributed by atoms with Gasteiger partial charge in [-0.2, -0.15) is 0 Å². The van der Waals surface area contributed by atoms with Gasteiger partial charge in [0.05, 0.1) is 6.04 Å². The van der Waals surface area contributed by atoms with Crippen molar-refractivity contribution in [3.8, 4) is 0 Å². The first-order chi connectivity index (χ1) is 8.60. The zero-order chi connectivity index (χ0) is 13.5. The normalized spacial score (nSPS) is 21.6. The van der Waals surface area contributed by atoms with Crippen LogP contribution in [0.25, 0.3) is 0 Å². The lowest BCUT2D eigenvalue weighted by Crippen LogP contribution is -2.50. The monoisotopic (exact) mass is 255 g/mol. The molecule has 0 radical (unpaired) electrons. The van der Waals surface area contributed by atoms with Crippen LogP contribution in [0.5, 0.6) is 0 Å². The SMILES string of the molecule is CCNC(=O)C(C)N1CCC(C(C)NCC)CC1. The Kier molecular flexibility index (Phi) is 6.65. The van der Waals surface area contributed by atoms with E-state index in [4.69, 9.17) is 0 Å². The highest BCUT2D eigenvalue weighted by Crippen LogP contribution is 2.22. The summed E-state index contributed by atoms with van der Waals surface area (Å²) >= 11 is 0. The molecule has 1 fully saturated rings. The second-order valence-electron chi connectivity index (χ2n) is 5.29. The van der Waals surface area contributed by atoms with E-state index in [1.807, 2.05) is 13.8 Å². The minimum atomic E-state index is 0.0142. The van der Waals surface area contributed by atoms with E-state index in [1.54, 1.807) is 0 Å². The minimum Gasteiger partial charge on any atom is -0.355 e. The van der Waals surface area contributed by atoms with Crippen molar-refractivity contribution >= 4 is 5.91 Å². The van der Waals surface area contributed by atoms with E-state index in [1.165, 1.54) is 12.8 Å². The summed E-state index contributed by atoms with van der Waals surface area (Å²) in [5.41, 5.74) is 0. The molecule has 2 unspecified atom stereocenters. The van der Waals surface area contributed by atoms with Crippen LogP contribution in [0.4, 0.5) is 0 Å². The number of amides is 1. The summed E-state index contributed by atoms with van der Waals surface area (Å²) in [6.45, 7) is 12.2. The molecule has 4 heteroatoms. The molecule has 0 aromatic carbocycles. The van der Waals surface area contributed by atoms with Gasteiger partial charge in [-0.15, -0.1) is 0 Å². The number of hydrogen-bond donors (Lipinski definition) is 2. The van der Waals surface area contributed by atoms with E-state index in [2.05, 4.69) is 29.4 Å². The molecule has 2 N–H and O–H groups in total. The van der Waals surface area contributed by atoms with E-state index in [0.29, 0.717) is 6.04 Å². The van der Waals surface area contributed by atoms with E-state index in [9.17, 15) is 4.79 Å². The average Bonchev–Trinajstić information content (AvgIpc) is 2.38. The summed E-state index contributed by atoms with van der Waals surface area (Å²) in [6, 6.07) is 0.609. The average molecular weight is 255 g/mol. The molecule has 0 aromatic rings. The molecule has 106 valence electrons. The van der Waals surface area contributed by atoms with Crippen LogP contribution < -0.4 is 10.6 Å². The molecule has 0 aliphatic carbocycles. The third-order valence-corrected chi connectivity index (χ3v) is 4.09. The lowest BCUT2D eigenvalue weighted by molar-refractivity contribution is -0.126. The molecule has 1 amide bonds. The number of nitrogens with one attached hydrogen (secondary N) is 2. The molecule has 1 rings (SSSR count). The Labute approximate surface area is 111 Å². The van der Waals surface area contributed by atoms with E-state index in [0.717, 1.165) is 32.1 Å². The van der Waals surface area contributed by atoms with Gasteiger partial charge in [-0.1, -0.05) is 6.92 Å². The van der Waals surface area contributed by atoms with Gasteiger partial charge in [-0.25, -0.2) is 0 Å². The third kappa shape index (κ3) is 4.25. The second kappa shape index (κ2) is 7.74. The van der Waals surface area contributed by atoms with Gasteiger partial charge in [-0.05, 0) is 59.2 Å². The highest BCUT2D eigenvalue weighted by molar-refractivity contribution is 5.81. The molecule has 2 atom stereocenters. The van der Waals surface area contributed by atoms with E-state index >= 15 is 0 Å². The number of piperidine rings is 1. The van der Waals surface area contributed by atoms with Gasteiger partial charge in [0.15, 0.2) is 0 Å². The van der Waals surface area contributed by atoms with Gasteiger partial charge in [0.2, 0.25) is 5.91 Å². The highest BCUT2D eigenvalue weighted by atomic mass is 16.2. The van der Waals surface area contributed by atoms with Crippen LogP contribution in [0.3, 0.4) is 0 Å². The van der Waals surface area contributed by atoms with Crippen molar-refractivity contribution in [1.29, 1.82) is 0 Å². The highest BCUT2D eigenvalue weighted by Gasteiger charge is 2.28. The number of likely N-dealkylation sites (N-methyl/N-ethyl adjacent to an activating group) is 1. The van der Waals surface area contributed by atoms with Crippen LogP contribution in [-0.2, 0) is 4.79 Å². The maximum Gasteiger partial charge on any atom is 0.237 e. The largest absolute Gasteiger partial charge is 0.355 e. The fourth-order valence-corrected chi connectivity index (χ4v) is 2.78. The van der Waals surface area contributed by atoms with Crippen molar-refractivity contribution in [3.63, 3.8) is 0 Å². The molecule has 0 bridgehead atoms. The van der Waals surface area contributed by atoms with Crippen molar-refractivity contribution < 1.29 is 4.79 Å². The summed E-state index contributed by atoms with van der Waals surface area (Å²) in [5, 5.41) is 6.41.